The predicted molar refractivity (Wildman–Crippen MR) is 90.9 cm³/mol. The second-order valence-corrected chi connectivity index (χ2v) is 7.05. The number of furan rings is 1. The number of hydrogen-bond acceptors (Lipinski definition) is 2. The van der Waals surface area contributed by atoms with Gasteiger partial charge in [-0.1, -0.05) is 27.7 Å². The van der Waals surface area contributed by atoms with Crippen molar-refractivity contribution in [3.05, 3.63) is 35.3 Å². The Morgan fingerprint density at radius 2 is 1.78 bits per heavy atom. The van der Waals surface area contributed by atoms with Gasteiger partial charge >= 0.3 is 0 Å². The highest BCUT2D eigenvalue weighted by molar-refractivity contribution is 5.85. The number of carbonyl (C=O) groups excluding carboxylic acids is 1. The molecule has 0 fully saturated rings. The van der Waals surface area contributed by atoms with E-state index < -0.39 is 0 Å². The van der Waals surface area contributed by atoms with Gasteiger partial charge in [0.1, 0.15) is 17.2 Å². The summed E-state index contributed by atoms with van der Waals surface area (Å²) >= 11 is 0. The highest BCUT2D eigenvalue weighted by atomic mass is 19.1. The second-order valence-electron chi connectivity index (χ2n) is 7.05. The zero-order valence-corrected chi connectivity index (χ0v) is 14.6. The highest BCUT2D eigenvalue weighted by Gasteiger charge is 2.20. The summed E-state index contributed by atoms with van der Waals surface area (Å²) in [6.45, 7) is 11.8. The van der Waals surface area contributed by atoms with Gasteiger partial charge in [0.05, 0.1) is 6.42 Å². The van der Waals surface area contributed by atoms with Crippen LogP contribution in [0.4, 0.5) is 4.39 Å². The van der Waals surface area contributed by atoms with Gasteiger partial charge in [-0.2, -0.15) is 0 Å². The van der Waals surface area contributed by atoms with Crippen LogP contribution >= 0.6 is 0 Å². The Hall–Kier alpha value is -1.84. The highest BCUT2D eigenvalue weighted by Crippen LogP contribution is 2.26. The summed E-state index contributed by atoms with van der Waals surface area (Å²) in [7, 11) is 0. The maximum Gasteiger partial charge on any atom is 0.230 e. The van der Waals surface area contributed by atoms with Crippen LogP contribution in [-0.2, 0) is 11.2 Å². The fourth-order valence-electron chi connectivity index (χ4n) is 2.82. The topological polar surface area (TPSA) is 33.5 Å². The van der Waals surface area contributed by atoms with Crippen molar-refractivity contribution in [2.75, 3.05) is 13.1 Å². The number of fused-ring (bicyclic) bond motifs is 1. The molecule has 0 saturated heterocycles. The van der Waals surface area contributed by atoms with Crippen molar-refractivity contribution < 1.29 is 13.6 Å². The van der Waals surface area contributed by atoms with E-state index in [0.717, 1.165) is 24.0 Å². The first-order chi connectivity index (χ1) is 10.8. The fourth-order valence-corrected chi connectivity index (χ4v) is 2.82. The van der Waals surface area contributed by atoms with Crippen LogP contribution in [0.3, 0.4) is 0 Å². The van der Waals surface area contributed by atoms with Crippen LogP contribution in [0.1, 0.15) is 39.0 Å². The van der Waals surface area contributed by atoms with E-state index in [1.165, 1.54) is 12.1 Å². The number of amides is 1. The average molecular weight is 319 g/mol. The maximum absolute atomic E-state index is 13.4. The molecule has 1 aromatic carbocycles. The number of rotatable bonds is 6. The number of hydrogen-bond donors (Lipinski definition) is 0. The van der Waals surface area contributed by atoms with Gasteiger partial charge in [0.25, 0.3) is 0 Å². The second kappa shape index (κ2) is 7.16. The van der Waals surface area contributed by atoms with Gasteiger partial charge in [-0.05, 0) is 42.5 Å². The largest absolute Gasteiger partial charge is 0.460 e. The molecule has 3 nitrogen and oxygen atoms in total. The average Bonchev–Trinajstić information content (AvgIpc) is 2.74. The van der Waals surface area contributed by atoms with Crippen molar-refractivity contribution in [2.45, 2.75) is 41.0 Å². The van der Waals surface area contributed by atoms with Crippen LogP contribution in [0.2, 0.25) is 0 Å². The molecule has 126 valence electrons. The molecular formula is C19H26FNO2. The molecule has 0 aliphatic heterocycles. The predicted octanol–water partition coefficient (Wildman–Crippen LogP) is 4.56. The molecule has 2 aromatic rings. The SMILES string of the molecule is Cc1c(CC(=O)N(CC(C)C)CC(C)C)oc2ccc(F)cc12. The molecule has 0 bridgehead atoms. The first kappa shape index (κ1) is 17.5. The minimum Gasteiger partial charge on any atom is -0.460 e. The standard InChI is InChI=1S/C19H26FNO2/c1-12(2)10-21(11-13(3)4)19(22)9-18-14(5)16-8-15(20)6-7-17(16)23-18/h6-8,12-13H,9-11H2,1-5H3. The lowest BCUT2D eigenvalue weighted by Gasteiger charge is -2.26. The summed E-state index contributed by atoms with van der Waals surface area (Å²) in [5, 5.41) is 0.743. The Bertz CT molecular complexity index is 678. The molecule has 0 radical (unpaired) electrons. The third-order valence-electron chi connectivity index (χ3n) is 3.83. The molecule has 1 heterocycles. The van der Waals surface area contributed by atoms with Crippen molar-refractivity contribution in [1.82, 2.24) is 4.90 Å². The van der Waals surface area contributed by atoms with Gasteiger partial charge in [-0.25, -0.2) is 4.39 Å². The summed E-state index contributed by atoms with van der Waals surface area (Å²) in [5.41, 5.74) is 1.48. The Labute approximate surface area is 137 Å². The minimum absolute atomic E-state index is 0.0648. The zero-order chi connectivity index (χ0) is 17.1. The van der Waals surface area contributed by atoms with Crippen LogP contribution < -0.4 is 0 Å². The molecule has 23 heavy (non-hydrogen) atoms. The molecule has 0 atom stereocenters. The van der Waals surface area contributed by atoms with Crippen LogP contribution in [0.15, 0.2) is 22.6 Å². The van der Waals surface area contributed by atoms with Gasteiger partial charge in [0.2, 0.25) is 5.91 Å². The molecule has 1 aromatic heterocycles. The number of aryl methyl sites for hydroxylation is 1. The fraction of sp³-hybridized carbons (Fsp3) is 0.526. The minimum atomic E-state index is -0.291. The van der Waals surface area contributed by atoms with Crippen LogP contribution in [0, 0.1) is 24.6 Å². The lowest BCUT2D eigenvalue weighted by Crippen LogP contribution is -2.38. The quantitative estimate of drug-likeness (QED) is 0.782. The monoisotopic (exact) mass is 319 g/mol. The first-order valence-corrected chi connectivity index (χ1v) is 8.23. The zero-order valence-electron chi connectivity index (χ0n) is 14.6. The van der Waals surface area contributed by atoms with E-state index in [1.54, 1.807) is 6.07 Å². The summed E-state index contributed by atoms with van der Waals surface area (Å²) in [4.78, 5) is 14.6. The third-order valence-corrected chi connectivity index (χ3v) is 3.83. The third kappa shape index (κ3) is 4.34. The van der Waals surface area contributed by atoms with E-state index in [4.69, 9.17) is 4.42 Å². The first-order valence-electron chi connectivity index (χ1n) is 8.23. The van der Waals surface area contributed by atoms with Gasteiger partial charge < -0.3 is 9.32 Å². The van der Waals surface area contributed by atoms with Gasteiger partial charge in [0, 0.05) is 18.5 Å². The summed E-state index contributed by atoms with van der Waals surface area (Å²) in [6.07, 6.45) is 0.224. The summed E-state index contributed by atoms with van der Waals surface area (Å²) in [6, 6.07) is 4.45. The molecule has 0 spiro atoms. The molecule has 0 N–H and O–H groups in total. The van der Waals surface area contributed by atoms with E-state index in [2.05, 4.69) is 27.7 Å². The number of carbonyl (C=O) groups is 1. The van der Waals surface area contributed by atoms with Crippen LogP contribution in [-0.4, -0.2) is 23.9 Å². The number of nitrogens with zero attached hydrogens (tertiary/aromatic N) is 1. The number of benzene rings is 1. The Morgan fingerprint density at radius 1 is 1.17 bits per heavy atom. The Kier molecular flexibility index (Phi) is 5.45. The van der Waals surface area contributed by atoms with E-state index in [9.17, 15) is 9.18 Å². The van der Waals surface area contributed by atoms with Crippen molar-refractivity contribution >= 4 is 16.9 Å². The van der Waals surface area contributed by atoms with Gasteiger partial charge in [-0.3, -0.25) is 4.79 Å². The normalized spacial score (nSPS) is 11.7. The molecule has 2 rings (SSSR count). The van der Waals surface area contributed by atoms with Crippen molar-refractivity contribution in [3.63, 3.8) is 0 Å². The number of halogens is 1. The van der Waals surface area contributed by atoms with E-state index in [0.29, 0.717) is 23.2 Å². The van der Waals surface area contributed by atoms with Crippen molar-refractivity contribution in [3.8, 4) is 0 Å². The van der Waals surface area contributed by atoms with E-state index in [1.807, 2.05) is 11.8 Å². The molecular weight excluding hydrogens is 293 g/mol. The summed E-state index contributed by atoms with van der Waals surface area (Å²) in [5.74, 6) is 1.25. The van der Waals surface area contributed by atoms with E-state index in [-0.39, 0.29) is 18.1 Å². The van der Waals surface area contributed by atoms with E-state index >= 15 is 0 Å². The Morgan fingerprint density at radius 3 is 2.35 bits per heavy atom. The van der Waals surface area contributed by atoms with Crippen LogP contribution in [0.5, 0.6) is 0 Å². The van der Waals surface area contributed by atoms with Crippen LogP contribution in [0.25, 0.3) is 11.0 Å². The van der Waals surface area contributed by atoms with Crippen molar-refractivity contribution in [1.29, 1.82) is 0 Å². The Balaban J connectivity index is 2.22. The smallest absolute Gasteiger partial charge is 0.230 e. The molecule has 0 saturated carbocycles. The molecule has 4 heteroatoms. The molecule has 0 unspecified atom stereocenters. The maximum atomic E-state index is 13.4. The van der Waals surface area contributed by atoms with Gasteiger partial charge in [-0.15, -0.1) is 0 Å². The lowest BCUT2D eigenvalue weighted by molar-refractivity contribution is -0.131. The van der Waals surface area contributed by atoms with Crippen molar-refractivity contribution in [2.24, 2.45) is 11.8 Å². The lowest BCUT2D eigenvalue weighted by atomic mass is 10.1. The summed E-state index contributed by atoms with van der Waals surface area (Å²) < 4.78 is 19.2. The van der Waals surface area contributed by atoms with Gasteiger partial charge in [0.15, 0.2) is 0 Å². The molecule has 0 aliphatic carbocycles. The molecule has 0 aliphatic rings. The molecule has 1 amide bonds.